The molecule has 0 saturated carbocycles. The molecule has 1 aromatic heterocycles. The number of aromatic nitrogens is 1. The van der Waals surface area contributed by atoms with Gasteiger partial charge in [0, 0.05) is 18.3 Å². The molecule has 1 atom stereocenters. The quantitative estimate of drug-likeness (QED) is 0.908. The number of ether oxygens (including phenoxy) is 1. The smallest absolute Gasteiger partial charge is 0.219 e. The highest BCUT2D eigenvalue weighted by Crippen LogP contribution is 2.27. The number of halogens is 2. The van der Waals surface area contributed by atoms with E-state index in [9.17, 15) is 4.39 Å². The fourth-order valence-electron chi connectivity index (χ4n) is 1.71. The second-order valence-electron chi connectivity index (χ2n) is 4.53. The van der Waals surface area contributed by atoms with Crippen LogP contribution in [-0.4, -0.2) is 11.0 Å². The molecule has 1 unspecified atom stereocenters. The summed E-state index contributed by atoms with van der Waals surface area (Å²) in [6.45, 7) is 2.04. The monoisotopic (exact) mass is 294 g/mol. The second-order valence-corrected chi connectivity index (χ2v) is 4.94. The van der Waals surface area contributed by atoms with Gasteiger partial charge in [-0.2, -0.15) is 0 Å². The van der Waals surface area contributed by atoms with Gasteiger partial charge in [-0.15, -0.1) is 0 Å². The summed E-state index contributed by atoms with van der Waals surface area (Å²) in [7, 11) is 0. The highest BCUT2D eigenvalue weighted by Gasteiger charge is 2.09. The number of nitrogens with zero attached hydrogens (tertiary/aromatic N) is 1. The first-order valence-electron chi connectivity index (χ1n) is 6.42. The molecule has 2 N–H and O–H groups in total. The summed E-state index contributed by atoms with van der Waals surface area (Å²) in [5.41, 5.74) is 6.91. The van der Waals surface area contributed by atoms with Crippen molar-refractivity contribution in [3.63, 3.8) is 0 Å². The third-order valence-corrected chi connectivity index (χ3v) is 3.24. The van der Waals surface area contributed by atoms with E-state index in [0.29, 0.717) is 5.88 Å². The van der Waals surface area contributed by atoms with Crippen LogP contribution in [0.15, 0.2) is 36.5 Å². The van der Waals surface area contributed by atoms with Crippen LogP contribution in [0.25, 0.3) is 0 Å². The lowest BCUT2D eigenvalue weighted by atomic mass is 10.1. The Hall–Kier alpha value is -1.65. The molecule has 0 radical (unpaired) electrons. The highest BCUT2D eigenvalue weighted by atomic mass is 35.5. The van der Waals surface area contributed by atoms with Crippen molar-refractivity contribution in [2.75, 3.05) is 0 Å². The highest BCUT2D eigenvalue weighted by molar-refractivity contribution is 6.30. The molecule has 0 aliphatic carbocycles. The predicted octanol–water partition coefficient (Wildman–Crippen LogP) is 3.95. The van der Waals surface area contributed by atoms with Crippen molar-refractivity contribution < 1.29 is 9.13 Å². The van der Waals surface area contributed by atoms with Crippen LogP contribution in [0.4, 0.5) is 4.39 Å². The zero-order valence-electron chi connectivity index (χ0n) is 11.1. The van der Waals surface area contributed by atoms with Crippen LogP contribution in [0.5, 0.6) is 11.6 Å². The van der Waals surface area contributed by atoms with Crippen LogP contribution >= 0.6 is 11.6 Å². The number of nitrogens with two attached hydrogens (primary N) is 1. The Balaban J connectivity index is 2.09. The van der Waals surface area contributed by atoms with Crippen LogP contribution in [0.2, 0.25) is 5.02 Å². The molecule has 2 aromatic rings. The molecular weight excluding hydrogens is 279 g/mol. The third-order valence-electron chi connectivity index (χ3n) is 2.95. The SMILES string of the molecule is CCC(N)Cc1ccc(Oc2cccc(Cl)c2F)nc1. The Morgan fingerprint density at radius 2 is 2.15 bits per heavy atom. The zero-order valence-corrected chi connectivity index (χ0v) is 11.9. The van der Waals surface area contributed by atoms with Gasteiger partial charge in [0.05, 0.1) is 5.02 Å². The Morgan fingerprint density at radius 1 is 1.35 bits per heavy atom. The summed E-state index contributed by atoms with van der Waals surface area (Å²) in [6, 6.07) is 8.28. The van der Waals surface area contributed by atoms with Crippen molar-refractivity contribution >= 4 is 11.6 Å². The van der Waals surface area contributed by atoms with E-state index in [1.54, 1.807) is 18.3 Å². The first kappa shape index (κ1) is 14.8. The minimum atomic E-state index is -0.590. The fraction of sp³-hybridized carbons (Fsp3) is 0.267. The maximum absolute atomic E-state index is 13.7. The summed E-state index contributed by atoms with van der Waals surface area (Å²) in [5, 5.41) is 0.0213. The zero-order chi connectivity index (χ0) is 14.5. The normalized spacial score (nSPS) is 12.2. The molecule has 0 saturated heterocycles. The molecule has 0 bridgehead atoms. The van der Waals surface area contributed by atoms with Crippen molar-refractivity contribution in [3.05, 3.63) is 52.9 Å². The largest absolute Gasteiger partial charge is 0.436 e. The molecule has 0 spiro atoms. The van der Waals surface area contributed by atoms with Crippen LogP contribution < -0.4 is 10.5 Å². The summed E-state index contributed by atoms with van der Waals surface area (Å²) in [6.07, 6.45) is 3.36. The third kappa shape index (κ3) is 3.68. The predicted molar refractivity (Wildman–Crippen MR) is 77.7 cm³/mol. The van der Waals surface area contributed by atoms with Gasteiger partial charge in [-0.25, -0.2) is 9.37 Å². The van der Waals surface area contributed by atoms with E-state index in [-0.39, 0.29) is 16.8 Å². The average molecular weight is 295 g/mol. The van der Waals surface area contributed by atoms with Crippen molar-refractivity contribution in [1.82, 2.24) is 4.98 Å². The van der Waals surface area contributed by atoms with Crippen LogP contribution in [0.3, 0.4) is 0 Å². The molecule has 1 heterocycles. The van der Waals surface area contributed by atoms with E-state index in [0.717, 1.165) is 18.4 Å². The number of pyridine rings is 1. The van der Waals surface area contributed by atoms with Crippen molar-refractivity contribution in [2.45, 2.75) is 25.8 Å². The van der Waals surface area contributed by atoms with Crippen LogP contribution in [0.1, 0.15) is 18.9 Å². The molecule has 20 heavy (non-hydrogen) atoms. The van der Waals surface area contributed by atoms with Crippen molar-refractivity contribution in [1.29, 1.82) is 0 Å². The van der Waals surface area contributed by atoms with E-state index in [1.165, 1.54) is 12.1 Å². The number of hydrogen-bond acceptors (Lipinski definition) is 3. The van der Waals surface area contributed by atoms with Crippen molar-refractivity contribution in [3.8, 4) is 11.6 Å². The van der Waals surface area contributed by atoms with Crippen LogP contribution in [0, 0.1) is 5.82 Å². The first-order chi connectivity index (χ1) is 9.60. The Morgan fingerprint density at radius 3 is 2.80 bits per heavy atom. The van der Waals surface area contributed by atoms with Gasteiger partial charge in [0.15, 0.2) is 11.6 Å². The number of rotatable bonds is 5. The Bertz CT molecular complexity index is 575. The van der Waals surface area contributed by atoms with Gasteiger partial charge < -0.3 is 10.5 Å². The summed E-state index contributed by atoms with van der Waals surface area (Å²) >= 11 is 5.69. The molecule has 0 aliphatic rings. The summed E-state index contributed by atoms with van der Waals surface area (Å²) < 4.78 is 19.1. The van der Waals surface area contributed by atoms with Gasteiger partial charge in [0.25, 0.3) is 0 Å². The van der Waals surface area contributed by atoms with Gasteiger partial charge in [-0.1, -0.05) is 30.7 Å². The molecule has 5 heteroatoms. The second kappa shape index (κ2) is 6.68. The topological polar surface area (TPSA) is 48.1 Å². The van der Waals surface area contributed by atoms with E-state index in [4.69, 9.17) is 22.1 Å². The molecule has 0 fully saturated rings. The minimum Gasteiger partial charge on any atom is -0.436 e. The molecule has 0 aliphatic heterocycles. The maximum Gasteiger partial charge on any atom is 0.219 e. The van der Waals surface area contributed by atoms with Gasteiger partial charge in [0.1, 0.15) is 0 Å². The lowest BCUT2D eigenvalue weighted by molar-refractivity contribution is 0.427. The molecule has 0 amide bonds. The van der Waals surface area contributed by atoms with Gasteiger partial charge >= 0.3 is 0 Å². The maximum atomic E-state index is 13.7. The summed E-state index contributed by atoms with van der Waals surface area (Å²) in [5.74, 6) is -0.212. The fourth-order valence-corrected chi connectivity index (χ4v) is 1.88. The first-order valence-corrected chi connectivity index (χ1v) is 6.80. The minimum absolute atomic E-state index is 0.0213. The number of hydrogen-bond donors (Lipinski definition) is 1. The Kier molecular flexibility index (Phi) is 4.93. The van der Waals surface area contributed by atoms with Gasteiger partial charge in [-0.3, -0.25) is 0 Å². The Labute approximate surface area is 122 Å². The molecule has 2 rings (SSSR count). The lowest BCUT2D eigenvalue weighted by Crippen LogP contribution is -2.21. The van der Waals surface area contributed by atoms with Crippen molar-refractivity contribution in [2.24, 2.45) is 5.73 Å². The molecule has 3 nitrogen and oxygen atoms in total. The van der Waals surface area contributed by atoms with E-state index < -0.39 is 5.82 Å². The molecule has 106 valence electrons. The summed E-state index contributed by atoms with van der Waals surface area (Å²) in [4.78, 5) is 4.14. The van der Waals surface area contributed by atoms with Crippen LogP contribution in [-0.2, 0) is 6.42 Å². The van der Waals surface area contributed by atoms with Gasteiger partial charge in [-0.05, 0) is 30.5 Å². The standard InChI is InChI=1S/C15H16ClFN2O/c1-2-11(18)8-10-6-7-14(19-9-10)20-13-5-3-4-12(16)15(13)17/h3-7,9,11H,2,8,18H2,1H3. The van der Waals surface area contributed by atoms with E-state index in [1.807, 2.05) is 13.0 Å². The number of benzene rings is 1. The van der Waals surface area contributed by atoms with E-state index in [2.05, 4.69) is 4.98 Å². The van der Waals surface area contributed by atoms with Gasteiger partial charge in [0.2, 0.25) is 5.88 Å². The average Bonchev–Trinajstić information content (AvgIpc) is 2.46. The van der Waals surface area contributed by atoms with E-state index >= 15 is 0 Å². The molecule has 1 aromatic carbocycles. The molecular formula is C15H16ClFN2O. The lowest BCUT2D eigenvalue weighted by Gasteiger charge is -2.09.